The molecule has 0 amide bonds. The van der Waals surface area contributed by atoms with E-state index in [4.69, 9.17) is 9.47 Å². The predicted molar refractivity (Wildman–Crippen MR) is 44.3 cm³/mol. The van der Waals surface area contributed by atoms with Crippen LogP contribution in [0.25, 0.3) is 0 Å². The van der Waals surface area contributed by atoms with Gasteiger partial charge in [-0.15, -0.1) is 0 Å². The molecule has 0 radical (unpaired) electrons. The van der Waals surface area contributed by atoms with E-state index in [0.717, 1.165) is 6.42 Å². The van der Waals surface area contributed by atoms with Crippen molar-refractivity contribution in [2.45, 2.75) is 45.2 Å². The number of rotatable bonds is 1. The van der Waals surface area contributed by atoms with Crippen LogP contribution in [0.2, 0.25) is 0 Å². The van der Waals surface area contributed by atoms with E-state index in [1.54, 1.807) is 6.08 Å². The van der Waals surface area contributed by atoms with E-state index >= 15 is 0 Å². The van der Waals surface area contributed by atoms with E-state index in [0.29, 0.717) is 0 Å². The first-order chi connectivity index (χ1) is 5.03. The number of hydrogen-bond donors (Lipinski definition) is 0. The molecule has 0 spiro atoms. The highest BCUT2D eigenvalue weighted by Gasteiger charge is 2.31. The van der Waals surface area contributed by atoms with Crippen LogP contribution in [-0.4, -0.2) is 18.0 Å². The largest absolute Gasteiger partial charge is 0.346 e. The summed E-state index contributed by atoms with van der Waals surface area (Å²) in [6, 6.07) is 0. The Labute approximate surface area is 68.2 Å². The summed E-state index contributed by atoms with van der Waals surface area (Å²) in [6.07, 6.45) is 2.67. The van der Waals surface area contributed by atoms with Gasteiger partial charge in [0.05, 0.1) is 11.7 Å². The highest BCUT2D eigenvalue weighted by atomic mass is 16.7. The highest BCUT2D eigenvalue weighted by molar-refractivity contribution is 4.84. The Morgan fingerprint density at radius 1 is 1.55 bits per heavy atom. The van der Waals surface area contributed by atoms with Crippen LogP contribution >= 0.6 is 0 Å². The Morgan fingerprint density at radius 2 is 2.18 bits per heavy atom. The van der Waals surface area contributed by atoms with Crippen LogP contribution < -0.4 is 0 Å². The van der Waals surface area contributed by atoms with Gasteiger partial charge in [0.1, 0.15) is 0 Å². The zero-order valence-electron chi connectivity index (χ0n) is 7.46. The van der Waals surface area contributed by atoms with Crippen LogP contribution in [0.4, 0.5) is 0 Å². The minimum Gasteiger partial charge on any atom is -0.346 e. The van der Waals surface area contributed by atoms with Crippen LogP contribution in [0, 0.1) is 0 Å². The number of ether oxygens (including phenoxy) is 2. The van der Waals surface area contributed by atoms with E-state index in [9.17, 15) is 0 Å². The molecule has 1 rings (SSSR count). The topological polar surface area (TPSA) is 18.5 Å². The van der Waals surface area contributed by atoms with Crippen molar-refractivity contribution in [3.8, 4) is 0 Å². The Balaban J connectivity index is 2.57. The average Bonchev–Trinajstić information content (AvgIpc) is 1.83. The maximum absolute atomic E-state index is 5.55. The first-order valence-corrected chi connectivity index (χ1v) is 3.99. The fourth-order valence-corrected chi connectivity index (χ4v) is 1.46. The van der Waals surface area contributed by atoms with Crippen LogP contribution in [0.3, 0.4) is 0 Å². The minimum absolute atomic E-state index is 0.0729. The van der Waals surface area contributed by atoms with E-state index in [-0.39, 0.29) is 18.0 Å². The summed E-state index contributed by atoms with van der Waals surface area (Å²) < 4.78 is 11.0. The van der Waals surface area contributed by atoms with Gasteiger partial charge in [0, 0.05) is 6.42 Å². The molecule has 2 nitrogen and oxygen atoms in total. The second-order valence-corrected chi connectivity index (χ2v) is 3.63. The highest BCUT2D eigenvalue weighted by Crippen LogP contribution is 2.27. The number of hydrogen-bond acceptors (Lipinski definition) is 2. The molecule has 0 aromatic carbocycles. The molecule has 1 heterocycles. The van der Waals surface area contributed by atoms with Crippen molar-refractivity contribution in [1.82, 2.24) is 0 Å². The van der Waals surface area contributed by atoms with E-state index in [1.807, 2.05) is 0 Å². The molecule has 0 aliphatic carbocycles. The normalized spacial score (nSPS) is 36.6. The molecule has 0 unspecified atom stereocenters. The zero-order chi connectivity index (χ0) is 8.48. The lowest BCUT2D eigenvalue weighted by Crippen LogP contribution is -2.41. The molecule has 11 heavy (non-hydrogen) atoms. The second kappa shape index (κ2) is 2.95. The maximum atomic E-state index is 5.55. The first-order valence-electron chi connectivity index (χ1n) is 3.99. The van der Waals surface area contributed by atoms with Crippen LogP contribution in [-0.2, 0) is 9.47 Å². The molecular weight excluding hydrogens is 140 g/mol. The van der Waals surface area contributed by atoms with Gasteiger partial charge >= 0.3 is 0 Å². The third-order valence-corrected chi connectivity index (χ3v) is 1.77. The van der Waals surface area contributed by atoms with Crippen molar-refractivity contribution in [3.05, 3.63) is 12.7 Å². The molecule has 1 saturated heterocycles. The summed E-state index contributed by atoms with van der Waals surface area (Å²) in [6.45, 7) is 9.83. The Bertz CT molecular complexity index is 152. The Hall–Kier alpha value is -0.340. The molecule has 2 atom stereocenters. The smallest absolute Gasteiger partial charge is 0.177 e. The Morgan fingerprint density at radius 3 is 2.64 bits per heavy atom. The third kappa shape index (κ3) is 2.31. The van der Waals surface area contributed by atoms with Crippen LogP contribution in [0.15, 0.2) is 12.7 Å². The average molecular weight is 156 g/mol. The summed E-state index contributed by atoms with van der Waals surface area (Å²) in [5.74, 6) is 0. The van der Waals surface area contributed by atoms with Gasteiger partial charge in [0.25, 0.3) is 0 Å². The van der Waals surface area contributed by atoms with Gasteiger partial charge in [-0.25, -0.2) is 0 Å². The Kier molecular flexibility index (Phi) is 2.35. The molecule has 0 saturated carbocycles. The summed E-state index contributed by atoms with van der Waals surface area (Å²) in [7, 11) is 0. The van der Waals surface area contributed by atoms with E-state index < -0.39 is 0 Å². The lowest BCUT2D eigenvalue weighted by atomic mass is 10.0. The van der Waals surface area contributed by atoms with Gasteiger partial charge in [-0.05, 0) is 26.8 Å². The lowest BCUT2D eigenvalue weighted by molar-refractivity contribution is -0.246. The second-order valence-electron chi connectivity index (χ2n) is 3.63. The van der Waals surface area contributed by atoms with Crippen molar-refractivity contribution in [2.75, 3.05) is 0 Å². The minimum atomic E-state index is -0.228. The standard InChI is InChI=1S/C9H16O2/c1-5-8-10-7(2)6-9(3,4)11-8/h5,7-8H,1,6H2,2-4H3/t7-,8-/m1/s1. The molecule has 2 heteroatoms. The van der Waals surface area contributed by atoms with Gasteiger partial charge in [-0.1, -0.05) is 6.58 Å². The van der Waals surface area contributed by atoms with Crippen LogP contribution in [0.5, 0.6) is 0 Å². The van der Waals surface area contributed by atoms with Crippen molar-refractivity contribution in [3.63, 3.8) is 0 Å². The lowest BCUT2D eigenvalue weighted by Gasteiger charge is -2.38. The van der Waals surface area contributed by atoms with E-state index in [1.165, 1.54) is 0 Å². The fourth-order valence-electron chi connectivity index (χ4n) is 1.46. The van der Waals surface area contributed by atoms with E-state index in [2.05, 4.69) is 27.4 Å². The quantitative estimate of drug-likeness (QED) is 0.541. The van der Waals surface area contributed by atoms with Crippen molar-refractivity contribution in [1.29, 1.82) is 0 Å². The first kappa shape index (κ1) is 8.75. The molecule has 1 aliphatic heterocycles. The zero-order valence-corrected chi connectivity index (χ0v) is 7.46. The molecule has 0 aromatic heterocycles. The summed E-state index contributed by atoms with van der Waals surface area (Å²) in [5, 5.41) is 0. The molecule has 0 bridgehead atoms. The predicted octanol–water partition coefficient (Wildman–Crippen LogP) is 2.10. The fraction of sp³-hybridized carbons (Fsp3) is 0.778. The van der Waals surface area contributed by atoms with Crippen molar-refractivity contribution < 1.29 is 9.47 Å². The van der Waals surface area contributed by atoms with Gasteiger partial charge in [-0.2, -0.15) is 0 Å². The third-order valence-electron chi connectivity index (χ3n) is 1.77. The maximum Gasteiger partial charge on any atom is 0.177 e. The van der Waals surface area contributed by atoms with Crippen molar-refractivity contribution in [2.24, 2.45) is 0 Å². The van der Waals surface area contributed by atoms with Gasteiger partial charge < -0.3 is 9.47 Å². The summed E-state index contributed by atoms with van der Waals surface area (Å²) >= 11 is 0. The molecular formula is C9H16O2. The molecule has 1 aliphatic rings. The summed E-state index contributed by atoms with van der Waals surface area (Å²) in [4.78, 5) is 0. The van der Waals surface area contributed by atoms with Crippen molar-refractivity contribution >= 4 is 0 Å². The molecule has 0 aromatic rings. The van der Waals surface area contributed by atoms with Gasteiger partial charge in [-0.3, -0.25) is 0 Å². The molecule has 1 fully saturated rings. The molecule has 0 N–H and O–H groups in total. The SMILES string of the molecule is C=C[C@@H]1O[C@H](C)CC(C)(C)O1. The summed E-state index contributed by atoms with van der Waals surface area (Å²) in [5.41, 5.74) is -0.0729. The van der Waals surface area contributed by atoms with Gasteiger partial charge in [0.2, 0.25) is 0 Å². The molecule has 64 valence electrons. The van der Waals surface area contributed by atoms with Gasteiger partial charge in [0.15, 0.2) is 6.29 Å². The monoisotopic (exact) mass is 156 g/mol. The van der Waals surface area contributed by atoms with Crippen LogP contribution in [0.1, 0.15) is 27.2 Å².